The minimum atomic E-state index is -1.09. The van der Waals surface area contributed by atoms with E-state index in [9.17, 15) is 9.59 Å². The number of carboxylic acids is 1. The van der Waals surface area contributed by atoms with Gasteiger partial charge in [-0.15, -0.1) is 0 Å². The fourth-order valence-electron chi connectivity index (χ4n) is 1.36. The van der Waals surface area contributed by atoms with E-state index in [1.165, 1.54) is 11.9 Å². The number of nitrogens with zero attached hydrogens (tertiary/aromatic N) is 2. The van der Waals surface area contributed by atoms with Gasteiger partial charge in [-0.05, 0) is 24.9 Å². The zero-order chi connectivity index (χ0) is 13.2. The molecule has 0 fully saturated rings. The number of likely N-dealkylation sites (N-methyl/N-ethyl adjacent to an activating group) is 1. The minimum Gasteiger partial charge on any atom is -0.478 e. The highest BCUT2D eigenvalue weighted by molar-refractivity contribution is 7.11. The number of aryl methyl sites for hydroxylation is 1. The number of hydrogen-bond acceptors (Lipinski definition) is 5. The van der Waals surface area contributed by atoms with Gasteiger partial charge in [0.1, 0.15) is 10.6 Å². The summed E-state index contributed by atoms with van der Waals surface area (Å²) in [5.74, 6) is -1.39. The zero-order valence-corrected chi connectivity index (χ0v) is 10.7. The monoisotopic (exact) mass is 257 g/mol. The zero-order valence-electron chi connectivity index (χ0n) is 9.93. The summed E-state index contributed by atoms with van der Waals surface area (Å²) in [4.78, 5) is 24.2. The molecule has 0 radical (unpaired) electrons. The van der Waals surface area contributed by atoms with Gasteiger partial charge < -0.3 is 15.7 Å². The maximum absolute atomic E-state index is 11.8. The number of carbonyl (C=O) groups excluding carboxylic acids is 1. The fourth-order valence-corrected chi connectivity index (χ4v) is 2.21. The molecule has 0 saturated carbocycles. The molecule has 1 aromatic rings. The highest BCUT2D eigenvalue weighted by Gasteiger charge is 2.26. The van der Waals surface area contributed by atoms with Gasteiger partial charge in [-0.3, -0.25) is 4.79 Å². The number of amides is 1. The lowest BCUT2D eigenvalue weighted by atomic mass is 10.2. The number of carboxylic acid groups (broad SMARTS) is 1. The lowest BCUT2D eigenvalue weighted by molar-refractivity contribution is -0.119. The predicted molar refractivity (Wildman–Crippen MR) is 65.5 cm³/mol. The van der Waals surface area contributed by atoms with Gasteiger partial charge >= 0.3 is 5.97 Å². The summed E-state index contributed by atoms with van der Waals surface area (Å²) >= 11 is 0.988. The van der Waals surface area contributed by atoms with Crippen LogP contribution in [0.1, 0.15) is 29.4 Å². The molecule has 1 atom stereocenters. The molecule has 1 amide bonds. The van der Waals surface area contributed by atoms with Crippen LogP contribution in [0, 0.1) is 6.92 Å². The van der Waals surface area contributed by atoms with Gasteiger partial charge in [-0.2, -0.15) is 4.37 Å². The normalized spacial score (nSPS) is 12.2. The molecule has 0 aliphatic carbocycles. The van der Waals surface area contributed by atoms with Crippen LogP contribution in [0.25, 0.3) is 0 Å². The third kappa shape index (κ3) is 2.62. The Kier molecular flexibility index (Phi) is 4.19. The Morgan fingerprint density at radius 1 is 1.59 bits per heavy atom. The highest BCUT2D eigenvalue weighted by Crippen LogP contribution is 2.28. The predicted octanol–water partition coefficient (Wildman–Crippen LogP) is 0.850. The van der Waals surface area contributed by atoms with Gasteiger partial charge in [0, 0.05) is 7.05 Å². The molecule has 94 valence electrons. The Morgan fingerprint density at radius 3 is 2.65 bits per heavy atom. The molecule has 0 aliphatic rings. The molecule has 7 heteroatoms. The molecular weight excluding hydrogens is 242 g/mol. The average Bonchev–Trinajstić information content (AvgIpc) is 2.68. The number of carbonyl (C=O) groups is 2. The molecule has 0 unspecified atom stereocenters. The van der Waals surface area contributed by atoms with Crippen LogP contribution in [0.4, 0.5) is 5.00 Å². The quantitative estimate of drug-likeness (QED) is 0.833. The average molecular weight is 257 g/mol. The maximum atomic E-state index is 11.8. The van der Waals surface area contributed by atoms with Crippen LogP contribution >= 0.6 is 11.5 Å². The van der Waals surface area contributed by atoms with Gasteiger partial charge in [-0.1, -0.05) is 6.92 Å². The number of anilines is 1. The number of hydrogen-bond donors (Lipinski definition) is 2. The van der Waals surface area contributed by atoms with Crippen LogP contribution in [-0.4, -0.2) is 34.4 Å². The topological polar surface area (TPSA) is 96.5 Å². The number of rotatable bonds is 4. The smallest absolute Gasteiger partial charge is 0.340 e. The molecule has 0 bridgehead atoms. The second-order valence-corrected chi connectivity index (χ2v) is 4.42. The van der Waals surface area contributed by atoms with Crippen LogP contribution in [0.2, 0.25) is 0 Å². The van der Waals surface area contributed by atoms with E-state index in [0.717, 1.165) is 11.5 Å². The van der Waals surface area contributed by atoms with Crippen molar-refractivity contribution in [2.75, 3.05) is 11.9 Å². The third-order valence-corrected chi connectivity index (χ3v) is 3.47. The van der Waals surface area contributed by atoms with E-state index < -0.39 is 12.0 Å². The van der Waals surface area contributed by atoms with E-state index >= 15 is 0 Å². The molecule has 1 heterocycles. The molecule has 1 aromatic heterocycles. The van der Waals surface area contributed by atoms with Gasteiger partial charge in [-0.25, -0.2) is 4.79 Å². The van der Waals surface area contributed by atoms with Crippen LogP contribution in [-0.2, 0) is 4.79 Å². The Hall–Kier alpha value is -1.47. The van der Waals surface area contributed by atoms with Crippen molar-refractivity contribution in [1.29, 1.82) is 0 Å². The Balaban J connectivity index is 3.09. The van der Waals surface area contributed by atoms with Crippen LogP contribution < -0.4 is 10.6 Å². The molecular formula is C10H15N3O3S. The molecule has 1 rings (SSSR count). The second-order valence-electron chi connectivity index (χ2n) is 3.67. The molecule has 0 saturated heterocycles. The van der Waals surface area contributed by atoms with Crippen molar-refractivity contribution in [2.24, 2.45) is 5.73 Å². The van der Waals surface area contributed by atoms with E-state index in [-0.39, 0.29) is 11.5 Å². The first kappa shape index (κ1) is 13.6. The maximum Gasteiger partial charge on any atom is 0.340 e. The summed E-state index contributed by atoms with van der Waals surface area (Å²) in [6.45, 7) is 3.40. The summed E-state index contributed by atoms with van der Waals surface area (Å²) in [5, 5.41) is 9.38. The van der Waals surface area contributed by atoms with Crippen molar-refractivity contribution >= 4 is 28.4 Å². The van der Waals surface area contributed by atoms with Crippen LogP contribution in [0.15, 0.2) is 0 Å². The Morgan fingerprint density at radius 2 is 2.18 bits per heavy atom. The van der Waals surface area contributed by atoms with Crippen LogP contribution in [0.3, 0.4) is 0 Å². The lowest BCUT2D eigenvalue weighted by Crippen LogP contribution is -2.41. The minimum absolute atomic E-state index is 0.0640. The van der Waals surface area contributed by atoms with E-state index in [1.54, 1.807) is 13.8 Å². The van der Waals surface area contributed by atoms with Gasteiger partial charge in [0.25, 0.3) is 0 Å². The largest absolute Gasteiger partial charge is 0.478 e. The number of nitrogens with two attached hydrogens (primary N) is 1. The van der Waals surface area contributed by atoms with Crippen molar-refractivity contribution in [3.05, 3.63) is 11.3 Å². The highest BCUT2D eigenvalue weighted by atomic mass is 32.1. The van der Waals surface area contributed by atoms with Crippen LogP contribution in [0.5, 0.6) is 0 Å². The summed E-state index contributed by atoms with van der Waals surface area (Å²) in [5.41, 5.74) is 6.10. The van der Waals surface area contributed by atoms with E-state index in [2.05, 4.69) is 4.37 Å². The van der Waals surface area contributed by atoms with Gasteiger partial charge in [0.15, 0.2) is 0 Å². The molecule has 0 aromatic carbocycles. The van der Waals surface area contributed by atoms with Gasteiger partial charge in [0.2, 0.25) is 5.91 Å². The van der Waals surface area contributed by atoms with E-state index in [1.807, 2.05) is 0 Å². The van der Waals surface area contributed by atoms with Crippen molar-refractivity contribution < 1.29 is 14.7 Å². The molecule has 3 N–H and O–H groups in total. The lowest BCUT2D eigenvalue weighted by Gasteiger charge is -2.19. The third-order valence-electron chi connectivity index (χ3n) is 2.45. The van der Waals surface area contributed by atoms with E-state index in [4.69, 9.17) is 10.8 Å². The number of aromatic nitrogens is 1. The molecule has 0 spiro atoms. The van der Waals surface area contributed by atoms with Crippen molar-refractivity contribution in [1.82, 2.24) is 4.37 Å². The van der Waals surface area contributed by atoms with Gasteiger partial charge in [0.05, 0.1) is 11.7 Å². The number of aromatic carboxylic acids is 1. The first-order valence-corrected chi connectivity index (χ1v) is 5.90. The van der Waals surface area contributed by atoms with Crippen molar-refractivity contribution in [3.63, 3.8) is 0 Å². The van der Waals surface area contributed by atoms with E-state index in [0.29, 0.717) is 17.1 Å². The van der Waals surface area contributed by atoms with Crippen molar-refractivity contribution in [2.45, 2.75) is 26.3 Å². The standard InChI is InChI=1S/C10H15N3O3S/c1-4-6(11)8(14)13(3)9-7(10(15)16)5(2)12-17-9/h6H,4,11H2,1-3H3,(H,15,16)/t6-/m1/s1. The fraction of sp³-hybridized carbons (Fsp3) is 0.500. The second kappa shape index (κ2) is 5.24. The first-order valence-electron chi connectivity index (χ1n) is 5.12. The summed E-state index contributed by atoms with van der Waals surface area (Å²) in [7, 11) is 1.51. The summed E-state index contributed by atoms with van der Waals surface area (Å²) in [6, 6.07) is -0.621. The Labute approximate surface area is 103 Å². The molecule has 17 heavy (non-hydrogen) atoms. The Bertz CT molecular complexity index is 444. The summed E-state index contributed by atoms with van der Waals surface area (Å²) < 4.78 is 3.95. The van der Waals surface area contributed by atoms with Crippen molar-refractivity contribution in [3.8, 4) is 0 Å². The SMILES string of the molecule is CC[C@@H](N)C(=O)N(C)c1snc(C)c1C(=O)O. The summed E-state index contributed by atoms with van der Waals surface area (Å²) in [6.07, 6.45) is 0.503. The molecule has 0 aliphatic heterocycles. The first-order chi connectivity index (χ1) is 7.90. The molecule has 6 nitrogen and oxygen atoms in total.